The van der Waals surface area contributed by atoms with Crippen LogP contribution in [-0.4, -0.2) is 61.6 Å². The number of anilines is 1. The zero-order valence-electron chi connectivity index (χ0n) is 16.8. The third kappa shape index (κ3) is 5.12. The number of piperazine rings is 1. The number of carbonyl (C=O) groups is 2. The molecule has 0 atom stereocenters. The fourth-order valence-electron chi connectivity index (χ4n) is 3.39. The average Bonchev–Trinajstić information content (AvgIpc) is 2.77. The number of amides is 2. The largest absolute Gasteiger partial charge is 0.465 e. The number of hydrogen-bond acceptors (Lipinski definition) is 4. The van der Waals surface area contributed by atoms with Gasteiger partial charge in [-0.1, -0.05) is 25.1 Å². The van der Waals surface area contributed by atoms with Crippen molar-refractivity contribution in [2.24, 2.45) is 0 Å². The summed E-state index contributed by atoms with van der Waals surface area (Å²) in [6.07, 6.45) is 0. The Morgan fingerprint density at radius 2 is 1.76 bits per heavy atom. The van der Waals surface area contributed by atoms with Gasteiger partial charge in [-0.3, -0.25) is 4.90 Å². The number of rotatable bonds is 5. The van der Waals surface area contributed by atoms with E-state index in [4.69, 9.17) is 4.74 Å². The number of carbonyl (C=O) groups excluding carboxylic acids is 2. The number of halogens is 1. The molecule has 2 aromatic rings. The van der Waals surface area contributed by atoms with Crippen molar-refractivity contribution < 1.29 is 18.7 Å². The minimum Gasteiger partial charge on any atom is -0.465 e. The number of benzene rings is 2. The first-order valence-corrected chi connectivity index (χ1v) is 9.73. The molecule has 29 heavy (non-hydrogen) atoms. The molecular formula is C22H26FN3O3. The summed E-state index contributed by atoms with van der Waals surface area (Å²) in [6.45, 7) is 6.27. The molecule has 0 N–H and O–H groups in total. The summed E-state index contributed by atoms with van der Waals surface area (Å²) in [6, 6.07) is 12.8. The highest BCUT2D eigenvalue weighted by atomic mass is 19.1. The van der Waals surface area contributed by atoms with Gasteiger partial charge in [0.05, 0.1) is 19.2 Å². The third-order valence-corrected chi connectivity index (χ3v) is 5.16. The van der Waals surface area contributed by atoms with Crippen molar-refractivity contribution >= 4 is 17.7 Å². The van der Waals surface area contributed by atoms with Crippen molar-refractivity contribution in [3.8, 4) is 0 Å². The van der Waals surface area contributed by atoms with Crippen LogP contribution in [0.1, 0.15) is 22.8 Å². The number of urea groups is 1. The van der Waals surface area contributed by atoms with Crippen molar-refractivity contribution in [2.45, 2.75) is 13.5 Å². The summed E-state index contributed by atoms with van der Waals surface area (Å²) < 4.78 is 18.6. The van der Waals surface area contributed by atoms with Crippen LogP contribution in [0.15, 0.2) is 48.5 Å². The van der Waals surface area contributed by atoms with Crippen LogP contribution < -0.4 is 4.90 Å². The van der Waals surface area contributed by atoms with E-state index in [9.17, 15) is 14.0 Å². The van der Waals surface area contributed by atoms with E-state index >= 15 is 0 Å². The molecule has 1 fully saturated rings. The normalized spacial score (nSPS) is 14.5. The maximum Gasteiger partial charge on any atom is 0.337 e. The quantitative estimate of drug-likeness (QED) is 0.724. The van der Waals surface area contributed by atoms with E-state index in [1.54, 1.807) is 46.2 Å². The molecule has 0 saturated carbocycles. The van der Waals surface area contributed by atoms with E-state index in [0.29, 0.717) is 24.3 Å². The smallest absolute Gasteiger partial charge is 0.337 e. The molecule has 7 heteroatoms. The van der Waals surface area contributed by atoms with Gasteiger partial charge in [0.2, 0.25) is 0 Å². The second-order valence-electron chi connectivity index (χ2n) is 6.96. The van der Waals surface area contributed by atoms with E-state index in [2.05, 4.69) is 11.8 Å². The summed E-state index contributed by atoms with van der Waals surface area (Å²) in [5.41, 5.74) is 1.78. The van der Waals surface area contributed by atoms with Crippen molar-refractivity contribution in [1.29, 1.82) is 0 Å². The van der Waals surface area contributed by atoms with E-state index in [-0.39, 0.29) is 12.6 Å². The lowest BCUT2D eigenvalue weighted by Crippen LogP contribution is -2.52. The predicted molar refractivity (Wildman–Crippen MR) is 109 cm³/mol. The fraction of sp³-hybridized carbons (Fsp3) is 0.364. The van der Waals surface area contributed by atoms with Gasteiger partial charge in [0.1, 0.15) is 5.82 Å². The molecule has 0 spiro atoms. The van der Waals surface area contributed by atoms with Gasteiger partial charge in [-0.25, -0.2) is 14.0 Å². The highest BCUT2D eigenvalue weighted by molar-refractivity contribution is 5.92. The molecule has 2 aromatic carbocycles. The van der Waals surface area contributed by atoms with Crippen LogP contribution in [0.2, 0.25) is 0 Å². The summed E-state index contributed by atoms with van der Waals surface area (Å²) >= 11 is 0. The van der Waals surface area contributed by atoms with Gasteiger partial charge in [-0.2, -0.15) is 0 Å². The van der Waals surface area contributed by atoms with Crippen LogP contribution in [0.5, 0.6) is 0 Å². The minimum absolute atomic E-state index is 0.150. The first-order valence-electron chi connectivity index (χ1n) is 9.73. The lowest BCUT2D eigenvalue weighted by atomic mass is 10.1. The van der Waals surface area contributed by atoms with Gasteiger partial charge in [0.25, 0.3) is 0 Å². The zero-order chi connectivity index (χ0) is 20.8. The van der Waals surface area contributed by atoms with Gasteiger partial charge in [0.15, 0.2) is 0 Å². The minimum atomic E-state index is -0.414. The molecular weight excluding hydrogens is 373 g/mol. The summed E-state index contributed by atoms with van der Waals surface area (Å²) in [5.74, 6) is -0.805. The second kappa shape index (κ2) is 9.52. The van der Waals surface area contributed by atoms with E-state index in [0.717, 1.165) is 25.2 Å². The van der Waals surface area contributed by atoms with Crippen LogP contribution in [0.4, 0.5) is 14.9 Å². The molecule has 3 rings (SSSR count). The van der Waals surface area contributed by atoms with Crippen LogP contribution in [0.25, 0.3) is 0 Å². The van der Waals surface area contributed by atoms with Crippen molar-refractivity contribution in [1.82, 2.24) is 9.80 Å². The Kier molecular flexibility index (Phi) is 6.82. The average molecular weight is 399 g/mol. The molecule has 1 heterocycles. The van der Waals surface area contributed by atoms with Gasteiger partial charge in [0, 0.05) is 31.9 Å². The van der Waals surface area contributed by atoms with Crippen LogP contribution in [0.3, 0.4) is 0 Å². The molecule has 0 radical (unpaired) electrons. The van der Waals surface area contributed by atoms with Gasteiger partial charge < -0.3 is 14.5 Å². The van der Waals surface area contributed by atoms with Gasteiger partial charge in [-0.15, -0.1) is 0 Å². The Bertz CT molecular complexity index is 849. The topological polar surface area (TPSA) is 53.1 Å². The van der Waals surface area contributed by atoms with Gasteiger partial charge >= 0.3 is 12.0 Å². The Balaban J connectivity index is 1.82. The van der Waals surface area contributed by atoms with Crippen LogP contribution in [-0.2, 0) is 11.3 Å². The molecule has 0 aromatic heterocycles. The molecule has 0 aliphatic carbocycles. The monoisotopic (exact) mass is 399 g/mol. The lowest BCUT2D eigenvalue weighted by Gasteiger charge is -2.37. The van der Waals surface area contributed by atoms with Crippen LogP contribution >= 0.6 is 0 Å². The Hall–Kier alpha value is -2.93. The van der Waals surface area contributed by atoms with Crippen molar-refractivity contribution in [3.63, 3.8) is 0 Å². The van der Waals surface area contributed by atoms with Gasteiger partial charge in [-0.05, 0) is 42.4 Å². The van der Waals surface area contributed by atoms with Crippen LogP contribution in [0, 0.1) is 5.82 Å². The Morgan fingerprint density at radius 1 is 1.07 bits per heavy atom. The molecule has 1 aliphatic rings. The van der Waals surface area contributed by atoms with E-state index in [1.165, 1.54) is 19.2 Å². The van der Waals surface area contributed by atoms with E-state index in [1.807, 2.05) is 0 Å². The Morgan fingerprint density at radius 3 is 2.34 bits per heavy atom. The molecule has 154 valence electrons. The zero-order valence-corrected chi connectivity index (χ0v) is 16.8. The lowest BCUT2D eigenvalue weighted by molar-refractivity contribution is 0.0600. The Labute approximate surface area is 170 Å². The molecule has 2 amide bonds. The van der Waals surface area contributed by atoms with Crippen molar-refractivity contribution in [3.05, 3.63) is 65.5 Å². The number of esters is 1. The maximum atomic E-state index is 13.8. The number of ether oxygens (including phenoxy) is 1. The summed E-state index contributed by atoms with van der Waals surface area (Å²) in [4.78, 5) is 30.6. The maximum absolute atomic E-state index is 13.8. The SMILES string of the molecule is CCN1CCN(C(=O)N(Cc2ccc(C(=O)OC)cc2)c2cccc(F)c2)CC1. The molecule has 6 nitrogen and oxygen atoms in total. The number of nitrogens with zero attached hydrogens (tertiary/aromatic N) is 3. The van der Waals surface area contributed by atoms with E-state index < -0.39 is 11.8 Å². The first-order chi connectivity index (χ1) is 14.0. The summed E-state index contributed by atoms with van der Waals surface area (Å²) in [5, 5.41) is 0. The van der Waals surface area contributed by atoms with Crippen molar-refractivity contribution in [2.75, 3.05) is 44.7 Å². The highest BCUT2D eigenvalue weighted by Crippen LogP contribution is 2.21. The molecule has 0 unspecified atom stereocenters. The second-order valence-corrected chi connectivity index (χ2v) is 6.96. The fourth-order valence-corrected chi connectivity index (χ4v) is 3.39. The molecule has 1 aliphatic heterocycles. The highest BCUT2D eigenvalue weighted by Gasteiger charge is 2.26. The number of likely N-dealkylation sites (N-methyl/N-ethyl adjacent to an activating group) is 1. The molecule has 0 bridgehead atoms. The predicted octanol–water partition coefficient (Wildman–Crippen LogP) is 3.38. The summed E-state index contributed by atoms with van der Waals surface area (Å²) in [7, 11) is 1.33. The third-order valence-electron chi connectivity index (χ3n) is 5.16. The number of hydrogen-bond donors (Lipinski definition) is 0. The standard InChI is InChI=1S/C22H26FN3O3/c1-3-24-11-13-25(14-12-24)22(28)26(20-6-4-5-19(23)15-20)16-17-7-9-18(10-8-17)21(27)29-2/h4-10,15H,3,11-14,16H2,1-2H3. The first kappa shape index (κ1) is 20.8. The molecule has 1 saturated heterocycles. The number of methoxy groups -OCH3 is 1.